The van der Waals surface area contributed by atoms with Crippen molar-refractivity contribution in [3.8, 4) is 0 Å². The monoisotopic (exact) mass is 412 g/mol. The lowest BCUT2D eigenvalue weighted by Crippen LogP contribution is -2.51. The van der Waals surface area contributed by atoms with Crippen LogP contribution in [-0.4, -0.2) is 51.5 Å². The molecule has 3 heterocycles. The number of carbonyl (C=O) groups excluding carboxylic acids is 4. The van der Waals surface area contributed by atoms with Gasteiger partial charge in [0.05, 0.1) is 16.5 Å². The maximum atomic E-state index is 13.1. The molecule has 1 aliphatic carbocycles. The van der Waals surface area contributed by atoms with Crippen LogP contribution in [0.3, 0.4) is 0 Å². The summed E-state index contributed by atoms with van der Waals surface area (Å²) in [6.45, 7) is 5.49. The third-order valence-corrected chi connectivity index (χ3v) is 6.69. The Hall–Kier alpha value is -2.90. The molecule has 0 radical (unpaired) electrons. The van der Waals surface area contributed by atoms with Gasteiger partial charge in [0.15, 0.2) is 0 Å². The molecule has 1 aromatic carbocycles. The second-order valence-electron chi connectivity index (χ2n) is 9.69. The van der Waals surface area contributed by atoms with Crippen LogP contribution < -0.4 is 0 Å². The summed E-state index contributed by atoms with van der Waals surface area (Å²) in [7, 11) is 0. The second-order valence-corrected chi connectivity index (χ2v) is 9.69. The summed E-state index contributed by atoms with van der Waals surface area (Å²) in [4.78, 5) is 58.0. The zero-order valence-electron chi connectivity index (χ0n) is 17.2. The minimum absolute atomic E-state index is 0.0357. The molecular formula is C22H24N2O6. The van der Waals surface area contributed by atoms with Crippen LogP contribution in [0.5, 0.6) is 0 Å². The van der Waals surface area contributed by atoms with Crippen LogP contribution in [0.4, 0.5) is 4.79 Å². The number of hydrogen-bond donors (Lipinski definition) is 0. The molecule has 1 saturated carbocycles. The predicted molar refractivity (Wildman–Crippen MR) is 103 cm³/mol. The van der Waals surface area contributed by atoms with Gasteiger partial charge in [-0.25, -0.2) is 9.59 Å². The van der Waals surface area contributed by atoms with Crippen LogP contribution in [0, 0.1) is 11.3 Å². The van der Waals surface area contributed by atoms with Gasteiger partial charge >= 0.3 is 12.1 Å². The molecule has 1 aromatic rings. The first kappa shape index (κ1) is 19.1. The van der Waals surface area contributed by atoms with Gasteiger partial charge in [-0.2, -0.15) is 0 Å². The Labute approximate surface area is 174 Å². The SMILES string of the molecule is CC(C)(C)OC(=O)N1[C@H]2CC[C@@H]1[C@H]1C[C@@]1(C(=O)ON1C(=O)c3ccccc3C1=O)C2. The van der Waals surface area contributed by atoms with E-state index in [0.29, 0.717) is 17.9 Å². The molecule has 2 bridgehead atoms. The highest BCUT2D eigenvalue weighted by Gasteiger charge is 2.71. The zero-order chi connectivity index (χ0) is 21.4. The number of carbonyl (C=O) groups is 4. The summed E-state index contributed by atoms with van der Waals surface area (Å²) in [6.07, 6.45) is 2.34. The van der Waals surface area contributed by atoms with Gasteiger partial charge in [-0.15, -0.1) is 0 Å². The van der Waals surface area contributed by atoms with Crippen molar-refractivity contribution in [3.63, 3.8) is 0 Å². The van der Waals surface area contributed by atoms with E-state index in [1.807, 2.05) is 20.8 Å². The smallest absolute Gasteiger partial charge is 0.410 e. The van der Waals surface area contributed by atoms with E-state index >= 15 is 0 Å². The Bertz CT molecular complexity index is 947. The van der Waals surface area contributed by atoms with Crippen molar-refractivity contribution in [1.29, 1.82) is 0 Å². The van der Waals surface area contributed by atoms with Crippen LogP contribution in [0.2, 0.25) is 0 Å². The molecule has 4 atom stereocenters. The zero-order valence-corrected chi connectivity index (χ0v) is 17.2. The summed E-state index contributed by atoms with van der Waals surface area (Å²) >= 11 is 0. The minimum atomic E-state index is -0.736. The number of rotatable bonds is 2. The number of hydrogen-bond acceptors (Lipinski definition) is 6. The third-order valence-electron chi connectivity index (χ3n) is 6.69. The number of piperidine rings is 1. The first-order valence-electron chi connectivity index (χ1n) is 10.3. The molecule has 30 heavy (non-hydrogen) atoms. The molecule has 3 fully saturated rings. The second kappa shape index (κ2) is 6.06. The molecule has 2 saturated heterocycles. The molecule has 0 N–H and O–H groups in total. The summed E-state index contributed by atoms with van der Waals surface area (Å²) < 4.78 is 5.56. The Balaban J connectivity index is 1.31. The minimum Gasteiger partial charge on any atom is -0.444 e. The fourth-order valence-electron chi connectivity index (χ4n) is 5.34. The van der Waals surface area contributed by atoms with Crippen molar-refractivity contribution in [2.75, 3.05) is 0 Å². The van der Waals surface area contributed by atoms with Gasteiger partial charge in [0.1, 0.15) is 5.60 Å². The van der Waals surface area contributed by atoms with Gasteiger partial charge in [-0.05, 0) is 64.5 Å². The number of fused-ring (bicyclic) bond motifs is 5. The van der Waals surface area contributed by atoms with Crippen molar-refractivity contribution >= 4 is 23.9 Å². The van der Waals surface area contributed by atoms with Gasteiger partial charge in [0, 0.05) is 12.1 Å². The van der Waals surface area contributed by atoms with E-state index in [-0.39, 0.29) is 35.2 Å². The van der Waals surface area contributed by atoms with Gasteiger partial charge in [0.25, 0.3) is 11.8 Å². The third kappa shape index (κ3) is 2.66. The van der Waals surface area contributed by atoms with Crippen molar-refractivity contribution in [3.05, 3.63) is 35.4 Å². The lowest BCUT2D eigenvalue weighted by molar-refractivity contribution is -0.178. The van der Waals surface area contributed by atoms with Gasteiger partial charge < -0.3 is 14.5 Å². The van der Waals surface area contributed by atoms with E-state index in [0.717, 1.165) is 12.8 Å². The van der Waals surface area contributed by atoms with E-state index in [1.54, 1.807) is 29.2 Å². The topological polar surface area (TPSA) is 93.2 Å². The fraction of sp³-hybridized carbons (Fsp3) is 0.545. The van der Waals surface area contributed by atoms with Crippen LogP contribution in [-0.2, 0) is 14.4 Å². The quantitative estimate of drug-likeness (QED) is 0.694. The number of nitrogens with zero attached hydrogens (tertiary/aromatic N) is 2. The van der Waals surface area contributed by atoms with Gasteiger partial charge in [-0.3, -0.25) is 9.59 Å². The summed E-state index contributed by atoms with van der Waals surface area (Å²) in [5.41, 5.74) is -0.849. The Morgan fingerprint density at radius 2 is 1.67 bits per heavy atom. The molecule has 3 aliphatic heterocycles. The number of imide groups is 1. The maximum absolute atomic E-state index is 13.1. The van der Waals surface area contributed by atoms with Crippen molar-refractivity contribution in [2.24, 2.45) is 11.3 Å². The molecule has 5 rings (SSSR count). The highest BCUT2D eigenvalue weighted by Crippen LogP contribution is 2.66. The molecule has 8 nitrogen and oxygen atoms in total. The molecule has 0 unspecified atom stereocenters. The molecule has 3 amide bonds. The standard InChI is InChI=1S/C22H24N2O6/c1-21(2,3)29-20(28)23-12-8-9-16(23)15-11-22(15,10-12)19(27)30-24-17(25)13-6-4-5-7-14(13)18(24)26/h4-7,12,15-16H,8-11H2,1-3H3/t12-,15+,16+,22-/m0/s1. The first-order valence-corrected chi connectivity index (χ1v) is 10.3. The van der Waals surface area contributed by atoms with Gasteiger partial charge in [-0.1, -0.05) is 17.2 Å². The Kier molecular flexibility index (Phi) is 3.85. The van der Waals surface area contributed by atoms with Gasteiger partial charge in [0.2, 0.25) is 0 Å². The maximum Gasteiger partial charge on any atom is 0.410 e. The number of benzene rings is 1. The van der Waals surface area contributed by atoms with Crippen LogP contribution >= 0.6 is 0 Å². The summed E-state index contributed by atoms with van der Waals surface area (Å²) in [6, 6.07) is 6.23. The van der Waals surface area contributed by atoms with E-state index in [2.05, 4.69) is 0 Å². The predicted octanol–water partition coefficient (Wildman–Crippen LogP) is 2.92. The van der Waals surface area contributed by atoms with Crippen LogP contribution in [0.15, 0.2) is 24.3 Å². The van der Waals surface area contributed by atoms with Crippen LogP contribution in [0.25, 0.3) is 0 Å². The van der Waals surface area contributed by atoms with E-state index in [9.17, 15) is 19.2 Å². The molecular weight excluding hydrogens is 388 g/mol. The number of amides is 3. The summed E-state index contributed by atoms with van der Waals surface area (Å²) in [5.74, 6) is -1.83. The molecule has 4 aliphatic rings. The number of ether oxygens (including phenoxy) is 1. The van der Waals surface area contributed by atoms with Crippen molar-refractivity contribution in [2.45, 2.75) is 64.1 Å². The van der Waals surface area contributed by atoms with Crippen molar-refractivity contribution in [1.82, 2.24) is 9.96 Å². The normalized spacial score (nSPS) is 31.4. The first-order chi connectivity index (χ1) is 14.1. The molecule has 158 valence electrons. The average molecular weight is 412 g/mol. The average Bonchev–Trinajstić information content (AvgIpc) is 3.25. The molecule has 8 heteroatoms. The van der Waals surface area contributed by atoms with Crippen molar-refractivity contribution < 1.29 is 28.8 Å². The largest absolute Gasteiger partial charge is 0.444 e. The lowest BCUT2D eigenvalue weighted by Gasteiger charge is -2.38. The summed E-state index contributed by atoms with van der Waals surface area (Å²) in [5, 5.41) is 0.583. The lowest BCUT2D eigenvalue weighted by atomic mass is 9.90. The van der Waals surface area contributed by atoms with Crippen LogP contribution in [0.1, 0.15) is 67.2 Å². The Morgan fingerprint density at radius 3 is 2.27 bits per heavy atom. The fourth-order valence-corrected chi connectivity index (χ4v) is 5.34. The Morgan fingerprint density at radius 1 is 1.03 bits per heavy atom. The van der Waals surface area contributed by atoms with E-state index < -0.39 is 28.8 Å². The molecule has 0 aromatic heterocycles. The molecule has 0 spiro atoms. The highest BCUT2D eigenvalue weighted by molar-refractivity contribution is 6.21. The highest BCUT2D eigenvalue weighted by atomic mass is 16.7. The van der Waals surface area contributed by atoms with E-state index in [1.165, 1.54) is 0 Å². The number of hydroxylamine groups is 2. The van der Waals surface area contributed by atoms with E-state index in [4.69, 9.17) is 9.57 Å².